The smallest absolute Gasteiger partial charge is 0.250 e. The van der Waals surface area contributed by atoms with Crippen LogP contribution in [0.3, 0.4) is 0 Å². The van der Waals surface area contributed by atoms with Gasteiger partial charge in [-0.1, -0.05) is 84.9 Å². The van der Waals surface area contributed by atoms with Gasteiger partial charge in [-0.2, -0.15) is 0 Å². The maximum atomic E-state index is 12.6. The van der Waals surface area contributed by atoms with Gasteiger partial charge < -0.3 is 10.1 Å². The largest absolute Gasteiger partial charge is 0.360 e. The molecule has 1 saturated carbocycles. The van der Waals surface area contributed by atoms with E-state index in [1.54, 1.807) is 24.3 Å². The zero-order chi connectivity index (χ0) is 23.3. The summed E-state index contributed by atoms with van der Waals surface area (Å²) in [7, 11) is 0. The molecule has 0 aromatic heterocycles. The number of nitrogens with one attached hydrogen (secondary N) is 1. The van der Waals surface area contributed by atoms with E-state index in [1.807, 2.05) is 18.2 Å². The van der Waals surface area contributed by atoms with Crippen LogP contribution in [0, 0.1) is 6.57 Å². The maximum Gasteiger partial charge on any atom is 0.250 e. The van der Waals surface area contributed by atoms with Gasteiger partial charge in [-0.05, 0) is 53.8 Å². The third kappa shape index (κ3) is 5.75. The van der Waals surface area contributed by atoms with Crippen LogP contribution in [0.5, 0.6) is 0 Å². The zero-order valence-electron chi connectivity index (χ0n) is 18.1. The molecule has 0 spiro atoms. The molecule has 33 heavy (non-hydrogen) atoms. The average Bonchev–Trinajstić information content (AvgIpc) is 2.83. The first kappa shape index (κ1) is 23.3. The fourth-order valence-corrected chi connectivity index (χ4v) is 4.91. The first-order valence-electron chi connectivity index (χ1n) is 11.0. The summed E-state index contributed by atoms with van der Waals surface area (Å²) in [5, 5.41) is 3.74. The standard InChI is InChI=1S/C27H24Cl2N2O2/c1-30-24-7-5-6-20(14-24)19-8-10-21(11-9-19)27(12-3-2-4-13-27)33-18-26(32)31-25-16-22(28)15-23(29)17-25/h5-11,14-17H,2-4,12-13,18H2,(H,31,32). The lowest BCUT2D eigenvalue weighted by atomic mass is 9.79. The number of halogens is 2. The van der Waals surface area contributed by atoms with Crippen molar-refractivity contribution < 1.29 is 9.53 Å². The fourth-order valence-electron chi connectivity index (χ4n) is 4.39. The second-order valence-electron chi connectivity index (χ2n) is 8.29. The Labute approximate surface area is 204 Å². The number of rotatable bonds is 6. The number of nitrogens with zero attached hydrogens (tertiary/aromatic N) is 1. The molecule has 168 valence electrons. The summed E-state index contributed by atoms with van der Waals surface area (Å²) in [6.07, 6.45) is 5.02. The highest BCUT2D eigenvalue weighted by Gasteiger charge is 2.35. The highest BCUT2D eigenvalue weighted by molar-refractivity contribution is 6.35. The Bertz CT molecular complexity index is 1160. The van der Waals surface area contributed by atoms with E-state index in [0.717, 1.165) is 42.4 Å². The van der Waals surface area contributed by atoms with Crippen molar-refractivity contribution in [2.45, 2.75) is 37.7 Å². The van der Waals surface area contributed by atoms with Crippen molar-refractivity contribution in [1.29, 1.82) is 0 Å². The Morgan fingerprint density at radius 1 is 0.939 bits per heavy atom. The molecule has 1 aliphatic rings. The summed E-state index contributed by atoms with van der Waals surface area (Å²) in [5.41, 5.74) is 3.81. The first-order valence-corrected chi connectivity index (χ1v) is 11.7. The van der Waals surface area contributed by atoms with Gasteiger partial charge in [0.1, 0.15) is 6.61 Å². The van der Waals surface area contributed by atoms with Gasteiger partial charge in [-0.25, -0.2) is 4.85 Å². The molecule has 0 bridgehead atoms. The average molecular weight is 479 g/mol. The monoisotopic (exact) mass is 478 g/mol. The number of hydrogen-bond acceptors (Lipinski definition) is 2. The van der Waals surface area contributed by atoms with Gasteiger partial charge in [-0.3, -0.25) is 4.79 Å². The summed E-state index contributed by atoms with van der Waals surface area (Å²) >= 11 is 12.1. The predicted octanol–water partition coefficient (Wildman–Crippen LogP) is 8.03. The molecule has 1 aliphatic carbocycles. The number of ether oxygens (including phenoxy) is 1. The molecule has 3 aromatic rings. The van der Waals surface area contributed by atoms with Crippen molar-refractivity contribution >= 4 is 40.5 Å². The normalized spacial score (nSPS) is 14.9. The van der Waals surface area contributed by atoms with Crippen molar-refractivity contribution in [2.75, 3.05) is 11.9 Å². The minimum atomic E-state index is -0.488. The summed E-state index contributed by atoms with van der Waals surface area (Å²) in [6, 6.07) is 20.8. The van der Waals surface area contributed by atoms with Crippen LogP contribution in [0.4, 0.5) is 11.4 Å². The van der Waals surface area contributed by atoms with Gasteiger partial charge in [0.05, 0.1) is 12.2 Å². The molecule has 1 fully saturated rings. The molecule has 4 nitrogen and oxygen atoms in total. The summed E-state index contributed by atoms with van der Waals surface area (Å²) in [6.45, 7) is 7.18. The van der Waals surface area contributed by atoms with E-state index in [0.29, 0.717) is 21.4 Å². The molecule has 0 radical (unpaired) electrons. The second-order valence-corrected chi connectivity index (χ2v) is 9.16. The van der Waals surface area contributed by atoms with Crippen LogP contribution in [0.1, 0.15) is 37.7 Å². The van der Waals surface area contributed by atoms with Gasteiger partial charge in [-0.15, -0.1) is 0 Å². The van der Waals surface area contributed by atoms with Crippen LogP contribution < -0.4 is 5.32 Å². The second kappa shape index (κ2) is 10.4. The summed E-state index contributed by atoms with van der Waals surface area (Å²) < 4.78 is 6.32. The first-order chi connectivity index (χ1) is 16.0. The van der Waals surface area contributed by atoms with Crippen molar-refractivity contribution in [3.63, 3.8) is 0 Å². The van der Waals surface area contributed by atoms with Gasteiger partial charge in [0.2, 0.25) is 5.91 Å². The van der Waals surface area contributed by atoms with Crippen LogP contribution in [0.2, 0.25) is 10.0 Å². The lowest BCUT2D eigenvalue weighted by molar-refractivity contribution is -0.132. The van der Waals surface area contributed by atoms with E-state index in [9.17, 15) is 4.79 Å². The Kier molecular flexibility index (Phi) is 7.35. The number of carbonyl (C=O) groups is 1. The molecule has 6 heteroatoms. The lowest BCUT2D eigenvalue weighted by Crippen LogP contribution is -2.35. The van der Waals surface area contributed by atoms with Crippen LogP contribution in [-0.2, 0) is 15.1 Å². The van der Waals surface area contributed by atoms with E-state index < -0.39 is 5.60 Å². The summed E-state index contributed by atoms with van der Waals surface area (Å²) in [5.74, 6) is -0.245. The van der Waals surface area contributed by atoms with Gasteiger partial charge in [0.25, 0.3) is 0 Å². The molecular weight excluding hydrogens is 455 g/mol. The Balaban J connectivity index is 1.50. The SMILES string of the molecule is [C-]#[N+]c1cccc(-c2ccc(C3(OCC(=O)Nc4cc(Cl)cc(Cl)c4)CCCCC3)cc2)c1. The van der Waals surface area contributed by atoms with Crippen molar-refractivity contribution in [2.24, 2.45) is 0 Å². The Morgan fingerprint density at radius 3 is 2.30 bits per heavy atom. The number of anilines is 1. The topological polar surface area (TPSA) is 42.7 Å². The number of hydrogen-bond donors (Lipinski definition) is 1. The third-order valence-corrected chi connectivity index (χ3v) is 6.44. The van der Waals surface area contributed by atoms with E-state index in [1.165, 1.54) is 6.42 Å². The highest BCUT2D eigenvalue weighted by atomic mass is 35.5. The number of benzene rings is 3. The minimum absolute atomic E-state index is 0.0566. The highest BCUT2D eigenvalue weighted by Crippen LogP contribution is 2.41. The van der Waals surface area contributed by atoms with Gasteiger partial charge in [0.15, 0.2) is 5.69 Å². The van der Waals surface area contributed by atoms with Crippen LogP contribution in [0.15, 0.2) is 66.7 Å². The number of carbonyl (C=O) groups excluding carboxylic acids is 1. The Morgan fingerprint density at radius 2 is 1.64 bits per heavy atom. The molecule has 1 amide bonds. The third-order valence-electron chi connectivity index (χ3n) is 6.01. The molecule has 0 aliphatic heterocycles. The quantitative estimate of drug-likeness (QED) is 0.364. The van der Waals surface area contributed by atoms with E-state index in [-0.39, 0.29) is 12.5 Å². The van der Waals surface area contributed by atoms with Crippen molar-refractivity contribution in [3.05, 3.63) is 93.8 Å². The molecule has 1 N–H and O–H groups in total. The van der Waals surface area contributed by atoms with Gasteiger partial charge in [0, 0.05) is 15.7 Å². The molecular formula is C27H24Cl2N2O2. The lowest BCUT2D eigenvalue weighted by Gasteiger charge is -2.37. The van der Waals surface area contributed by atoms with Gasteiger partial charge >= 0.3 is 0 Å². The van der Waals surface area contributed by atoms with Crippen LogP contribution in [-0.4, -0.2) is 12.5 Å². The molecule has 0 unspecified atom stereocenters. The minimum Gasteiger partial charge on any atom is -0.360 e. The number of amides is 1. The predicted molar refractivity (Wildman–Crippen MR) is 134 cm³/mol. The summed E-state index contributed by atoms with van der Waals surface area (Å²) in [4.78, 5) is 16.1. The van der Waals surface area contributed by atoms with Crippen LogP contribution in [0.25, 0.3) is 16.0 Å². The van der Waals surface area contributed by atoms with E-state index in [2.05, 4.69) is 34.4 Å². The maximum absolute atomic E-state index is 12.6. The van der Waals surface area contributed by atoms with E-state index >= 15 is 0 Å². The van der Waals surface area contributed by atoms with Crippen molar-refractivity contribution in [1.82, 2.24) is 0 Å². The molecule has 0 heterocycles. The van der Waals surface area contributed by atoms with Crippen molar-refractivity contribution in [3.8, 4) is 11.1 Å². The molecule has 3 aromatic carbocycles. The fraction of sp³-hybridized carbons (Fsp3) is 0.259. The van der Waals surface area contributed by atoms with Crippen LogP contribution >= 0.6 is 23.2 Å². The molecule has 4 rings (SSSR count). The van der Waals surface area contributed by atoms with E-state index in [4.69, 9.17) is 34.5 Å². The zero-order valence-corrected chi connectivity index (χ0v) is 19.6. The molecule has 0 atom stereocenters. The molecule has 0 saturated heterocycles. The Hall–Kier alpha value is -2.84.